The van der Waals surface area contributed by atoms with Crippen LogP contribution in [0.25, 0.3) is 15.8 Å². The fourth-order valence-corrected chi connectivity index (χ4v) is 4.00. The number of carboxylic acids is 1. The van der Waals surface area contributed by atoms with Gasteiger partial charge in [0, 0.05) is 21.3 Å². The summed E-state index contributed by atoms with van der Waals surface area (Å²) in [7, 11) is 12.1. The summed E-state index contributed by atoms with van der Waals surface area (Å²) in [5, 5.41) is 10.4. The lowest BCUT2D eigenvalue weighted by atomic mass is 9.83. The summed E-state index contributed by atoms with van der Waals surface area (Å²) >= 11 is 1.17. The van der Waals surface area contributed by atoms with Crippen molar-refractivity contribution in [1.29, 1.82) is 0 Å². The maximum Gasteiger partial charge on any atom is 0.346 e. The van der Waals surface area contributed by atoms with Gasteiger partial charge in [0.2, 0.25) is 0 Å². The lowest BCUT2D eigenvalue weighted by Gasteiger charge is -2.16. The number of rotatable bonds is 7. The second kappa shape index (κ2) is 8.02. The third-order valence-corrected chi connectivity index (χ3v) is 5.33. The van der Waals surface area contributed by atoms with Crippen molar-refractivity contribution >= 4 is 59.7 Å². The van der Waals surface area contributed by atoms with Gasteiger partial charge in [0.15, 0.2) is 0 Å². The fraction of sp³-hybridized carbons (Fsp3) is 0.150. The molecule has 3 N–H and O–H groups in total. The van der Waals surface area contributed by atoms with Crippen LogP contribution in [0.15, 0.2) is 36.9 Å². The maximum atomic E-state index is 11.8. The second-order valence-corrected chi connectivity index (χ2v) is 7.13. The summed E-state index contributed by atoms with van der Waals surface area (Å²) in [6.45, 7) is 5.97. The molecular weight excluding hydrogens is 372 g/mol. The van der Waals surface area contributed by atoms with Gasteiger partial charge in [-0.25, -0.2) is 4.79 Å². The van der Waals surface area contributed by atoms with E-state index in [2.05, 4.69) is 6.58 Å². The van der Waals surface area contributed by atoms with E-state index in [0.717, 1.165) is 10.1 Å². The summed E-state index contributed by atoms with van der Waals surface area (Å²) in [5.74, 6) is -0.148. The standard InChI is InChI=1S/C20H17B2NO4S/c1-3-26-15-5-4-6-16-17(15)12(19(28-16)20(24)25)9-27-18-13(21)7-11(10(2)23)8-14(18)22/h4-8H,2-3,9,23H2,1H3,(H,24,25). The average Bonchev–Trinajstić information content (AvgIpc) is 3.01. The Labute approximate surface area is 169 Å². The van der Waals surface area contributed by atoms with Gasteiger partial charge in [0.1, 0.15) is 38.7 Å². The van der Waals surface area contributed by atoms with E-state index in [1.54, 1.807) is 18.2 Å². The van der Waals surface area contributed by atoms with Crippen LogP contribution in [0.4, 0.5) is 0 Å². The lowest BCUT2D eigenvalue weighted by Crippen LogP contribution is -2.22. The van der Waals surface area contributed by atoms with Gasteiger partial charge in [-0.3, -0.25) is 0 Å². The van der Waals surface area contributed by atoms with E-state index in [9.17, 15) is 9.90 Å². The fourth-order valence-electron chi connectivity index (χ4n) is 2.94. The highest BCUT2D eigenvalue weighted by Crippen LogP contribution is 2.38. The first-order valence-corrected chi connectivity index (χ1v) is 9.32. The SMILES string of the molecule is [B]c1cc(C(=C)N)cc([B])c1OCc1c(C(=O)O)sc2cccc(OCC)c12. The molecule has 0 aliphatic heterocycles. The Morgan fingerprint density at radius 1 is 1.25 bits per heavy atom. The van der Waals surface area contributed by atoms with Crippen LogP contribution in [0.5, 0.6) is 11.5 Å². The number of ether oxygens (including phenoxy) is 2. The van der Waals surface area contributed by atoms with Crippen molar-refractivity contribution in [3.05, 3.63) is 52.9 Å². The molecule has 0 aliphatic rings. The first-order chi connectivity index (χ1) is 13.3. The average molecular weight is 389 g/mol. The Bertz CT molecular complexity index is 1050. The van der Waals surface area contributed by atoms with Gasteiger partial charge in [-0.1, -0.05) is 35.7 Å². The Balaban J connectivity index is 2.04. The minimum Gasteiger partial charge on any atom is -0.493 e. The van der Waals surface area contributed by atoms with Crippen LogP contribution < -0.4 is 26.1 Å². The van der Waals surface area contributed by atoms with E-state index >= 15 is 0 Å². The van der Waals surface area contributed by atoms with Crippen LogP contribution in [-0.2, 0) is 6.61 Å². The highest BCUT2D eigenvalue weighted by atomic mass is 32.1. The molecule has 1 aromatic heterocycles. The third-order valence-electron chi connectivity index (χ3n) is 4.15. The zero-order chi connectivity index (χ0) is 20.4. The smallest absolute Gasteiger partial charge is 0.346 e. The van der Waals surface area contributed by atoms with Crippen molar-refractivity contribution in [1.82, 2.24) is 0 Å². The first-order valence-electron chi connectivity index (χ1n) is 8.50. The Morgan fingerprint density at radius 2 is 1.93 bits per heavy atom. The topological polar surface area (TPSA) is 81.8 Å². The van der Waals surface area contributed by atoms with Crippen LogP contribution >= 0.6 is 11.3 Å². The van der Waals surface area contributed by atoms with Crippen molar-refractivity contribution in [2.24, 2.45) is 5.73 Å². The molecule has 0 atom stereocenters. The van der Waals surface area contributed by atoms with Gasteiger partial charge in [-0.05, 0) is 24.6 Å². The van der Waals surface area contributed by atoms with Gasteiger partial charge in [0.25, 0.3) is 0 Å². The van der Waals surface area contributed by atoms with E-state index in [-0.39, 0.29) is 17.2 Å². The predicted molar refractivity (Wildman–Crippen MR) is 115 cm³/mol. The van der Waals surface area contributed by atoms with Crippen LogP contribution in [0, 0.1) is 0 Å². The van der Waals surface area contributed by atoms with Crippen molar-refractivity contribution < 1.29 is 19.4 Å². The zero-order valence-corrected chi connectivity index (χ0v) is 16.1. The summed E-state index contributed by atoms with van der Waals surface area (Å²) in [6, 6.07) is 8.71. The highest BCUT2D eigenvalue weighted by Gasteiger charge is 2.21. The molecule has 3 rings (SSSR count). The van der Waals surface area contributed by atoms with Gasteiger partial charge in [0.05, 0.1) is 6.61 Å². The molecule has 0 saturated heterocycles. The Morgan fingerprint density at radius 3 is 2.50 bits per heavy atom. The molecule has 3 aromatic rings. The largest absolute Gasteiger partial charge is 0.493 e. The van der Waals surface area contributed by atoms with E-state index in [0.29, 0.717) is 40.1 Å². The van der Waals surface area contributed by atoms with Crippen LogP contribution in [-0.4, -0.2) is 33.4 Å². The van der Waals surface area contributed by atoms with Crippen LogP contribution in [0.1, 0.15) is 27.7 Å². The summed E-state index contributed by atoms with van der Waals surface area (Å²) < 4.78 is 12.3. The molecule has 0 unspecified atom stereocenters. The number of hydrogen-bond donors (Lipinski definition) is 2. The van der Waals surface area contributed by atoms with E-state index in [4.69, 9.17) is 30.9 Å². The number of nitrogens with two attached hydrogens (primary N) is 1. The van der Waals surface area contributed by atoms with Gasteiger partial charge in [-0.2, -0.15) is 0 Å². The predicted octanol–water partition coefficient (Wildman–Crippen LogP) is 2.09. The van der Waals surface area contributed by atoms with Crippen LogP contribution in [0.2, 0.25) is 0 Å². The molecule has 28 heavy (non-hydrogen) atoms. The molecule has 8 heteroatoms. The number of aromatic carboxylic acids is 1. The monoisotopic (exact) mass is 389 g/mol. The van der Waals surface area contributed by atoms with E-state index in [1.165, 1.54) is 11.3 Å². The van der Waals surface area contributed by atoms with E-state index < -0.39 is 5.97 Å². The number of fused-ring (bicyclic) bond motifs is 1. The third kappa shape index (κ3) is 3.73. The van der Waals surface area contributed by atoms with E-state index in [1.807, 2.05) is 19.1 Å². The van der Waals surface area contributed by atoms with Gasteiger partial charge in [-0.15, -0.1) is 11.3 Å². The molecule has 1 heterocycles. The minimum absolute atomic E-state index is 0.0248. The second-order valence-electron chi connectivity index (χ2n) is 6.07. The number of carboxylic acid groups (broad SMARTS) is 1. The minimum atomic E-state index is -1.03. The molecule has 2 aromatic carbocycles. The Kier molecular flexibility index (Phi) is 5.70. The Hall–Kier alpha value is -2.86. The molecule has 0 aliphatic carbocycles. The normalized spacial score (nSPS) is 10.8. The maximum absolute atomic E-state index is 11.8. The molecule has 0 bridgehead atoms. The summed E-state index contributed by atoms with van der Waals surface area (Å²) in [5.41, 5.74) is 7.74. The van der Waals surface area contributed by atoms with Crippen molar-refractivity contribution in [3.8, 4) is 11.5 Å². The zero-order valence-electron chi connectivity index (χ0n) is 15.3. The van der Waals surface area contributed by atoms with Gasteiger partial charge >= 0.3 is 5.97 Å². The molecule has 0 spiro atoms. The summed E-state index contributed by atoms with van der Waals surface area (Å²) in [6.07, 6.45) is 0. The number of carbonyl (C=O) groups is 1. The van der Waals surface area contributed by atoms with Crippen molar-refractivity contribution in [2.45, 2.75) is 13.5 Å². The number of benzene rings is 2. The van der Waals surface area contributed by atoms with Crippen molar-refractivity contribution in [3.63, 3.8) is 0 Å². The molecular formula is C20H17B2NO4S. The molecule has 0 saturated carbocycles. The molecule has 4 radical (unpaired) electrons. The van der Waals surface area contributed by atoms with Crippen LogP contribution in [0.3, 0.4) is 0 Å². The summed E-state index contributed by atoms with van der Waals surface area (Å²) in [4.78, 5) is 12.0. The number of thiophene rings is 1. The molecule has 5 nitrogen and oxygen atoms in total. The highest BCUT2D eigenvalue weighted by molar-refractivity contribution is 7.21. The lowest BCUT2D eigenvalue weighted by molar-refractivity contribution is 0.0699. The number of hydrogen-bond acceptors (Lipinski definition) is 5. The quantitative estimate of drug-likeness (QED) is 0.605. The first kappa shape index (κ1) is 19.9. The van der Waals surface area contributed by atoms with Gasteiger partial charge < -0.3 is 20.3 Å². The van der Waals surface area contributed by atoms with Crippen molar-refractivity contribution in [2.75, 3.05) is 6.61 Å². The molecule has 0 fully saturated rings. The molecule has 138 valence electrons. The molecule has 0 amide bonds.